The Labute approximate surface area is 53.1 Å². The molecule has 1 atom stereocenters. The van der Waals surface area contributed by atoms with Crippen LogP contribution in [0.3, 0.4) is 0 Å². The Morgan fingerprint density at radius 2 is 2.56 bits per heavy atom. The first-order valence-corrected chi connectivity index (χ1v) is 2.57. The molecule has 0 aliphatic carbocycles. The number of hydrogen-bond acceptors (Lipinski definition) is 3. The number of carboxylic acids is 1. The van der Waals surface area contributed by atoms with E-state index in [0.29, 0.717) is 6.42 Å². The first kappa shape index (κ1) is 7.94. The van der Waals surface area contributed by atoms with E-state index in [4.69, 9.17) is 5.11 Å². The Morgan fingerprint density at radius 3 is 2.67 bits per heavy atom. The SMILES string of the molecule is C=NOC(CC)C(=O)O. The highest BCUT2D eigenvalue weighted by atomic mass is 16.6. The first-order chi connectivity index (χ1) is 4.22. The van der Waals surface area contributed by atoms with Crippen LogP contribution in [0.15, 0.2) is 5.16 Å². The van der Waals surface area contributed by atoms with Crippen LogP contribution in [0.25, 0.3) is 0 Å². The number of rotatable bonds is 4. The second kappa shape index (κ2) is 3.88. The Balaban J connectivity index is 3.67. The van der Waals surface area contributed by atoms with Crippen LogP contribution in [0.2, 0.25) is 0 Å². The third-order valence-electron chi connectivity index (χ3n) is 0.848. The van der Waals surface area contributed by atoms with Gasteiger partial charge < -0.3 is 9.94 Å². The standard InChI is InChI=1S/C5H9NO3/c1-3-4(5(7)8)9-6-2/h4H,2-3H2,1H3,(H,7,8). The van der Waals surface area contributed by atoms with Gasteiger partial charge in [-0.2, -0.15) is 0 Å². The van der Waals surface area contributed by atoms with Gasteiger partial charge in [0.15, 0.2) is 0 Å². The van der Waals surface area contributed by atoms with E-state index in [9.17, 15) is 4.79 Å². The minimum absolute atomic E-state index is 0.397. The Bertz CT molecular complexity index is 113. The third kappa shape index (κ3) is 2.69. The zero-order valence-electron chi connectivity index (χ0n) is 5.20. The monoisotopic (exact) mass is 131 g/mol. The fraction of sp³-hybridized carbons (Fsp3) is 0.600. The average molecular weight is 131 g/mol. The summed E-state index contributed by atoms with van der Waals surface area (Å²) in [4.78, 5) is 14.5. The van der Waals surface area contributed by atoms with Crippen LogP contribution in [0.4, 0.5) is 0 Å². The summed E-state index contributed by atoms with van der Waals surface area (Å²) in [5.41, 5.74) is 0. The Kier molecular flexibility index (Phi) is 3.43. The summed E-state index contributed by atoms with van der Waals surface area (Å²) in [5, 5.41) is 11.3. The van der Waals surface area contributed by atoms with Crippen LogP contribution in [-0.2, 0) is 9.63 Å². The van der Waals surface area contributed by atoms with Gasteiger partial charge in [0.05, 0.1) is 0 Å². The van der Waals surface area contributed by atoms with E-state index in [0.717, 1.165) is 0 Å². The second-order valence-electron chi connectivity index (χ2n) is 1.47. The molecule has 0 fully saturated rings. The topological polar surface area (TPSA) is 58.9 Å². The van der Waals surface area contributed by atoms with Gasteiger partial charge in [-0.25, -0.2) is 4.79 Å². The largest absolute Gasteiger partial charge is 0.478 e. The van der Waals surface area contributed by atoms with Gasteiger partial charge in [0, 0.05) is 6.72 Å². The van der Waals surface area contributed by atoms with Gasteiger partial charge in [0.25, 0.3) is 0 Å². The van der Waals surface area contributed by atoms with E-state index in [1.165, 1.54) is 0 Å². The molecular weight excluding hydrogens is 122 g/mol. The van der Waals surface area contributed by atoms with E-state index < -0.39 is 12.1 Å². The van der Waals surface area contributed by atoms with Crippen molar-refractivity contribution >= 4 is 12.7 Å². The van der Waals surface area contributed by atoms with Gasteiger partial charge in [-0.15, -0.1) is 5.16 Å². The van der Waals surface area contributed by atoms with Gasteiger partial charge in [-0.05, 0) is 6.42 Å². The van der Waals surface area contributed by atoms with E-state index >= 15 is 0 Å². The highest BCUT2D eigenvalue weighted by Gasteiger charge is 2.14. The van der Waals surface area contributed by atoms with Crippen LogP contribution >= 0.6 is 0 Å². The third-order valence-corrected chi connectivity index (χ3v) is 0.848. The highest BCUT2D eigenvalue weighted by Crippen LogP contribution is 1.96. The zero-order valence-corrected chi connectivity index (χ0v) is 5.20. The lowest BCUT2D eigenvalue weighted by Gasteiger charge is -2.04. The molecule has 4 heteroatoms. The fourth-order valence-corrected chi connectivity index (χ4v) is 0.384. The molecule has 0 amide bonds. The molecule has 0 aliphatic rings. The van der Waals surface area contributed by atoms with E-state index in [-0.39, 0.29) is 0 Å². The van der Waals surface area contributed by atoms with Crippen molar-refractivity contribution in [1.29, 1.82) is 0 Å². The van der Waals surface area contributed by atoms with Crippen molar-refractivity contribution in [2.24, 2.45) is 5.16 Å². The van der Waals surface area contributed by atoms with Gasteiger partial charge in [-0.1, -0.05) is 6.92 Å². The number of oxime groups is 1. The molecule has 0 heterocycles. The molecule has 0 radical (unpaired) electrons. The predicted octanol–water partition coefficient (Wildman–Crippen LogP) is 0.482. The van der Waals surface area contributed by atoms with E-state index in [1.54, 1.807) is 6.92 Å². The number of nitrogens with zero attached hydrogens (tertiary/aromatic N) is 1. The van der Waals surface area contributed by atoms with Crippen molar-refractivity contribution in [3.05, 3.63) is 0 Å². The molecule has 0 spiro atoms. The maximum Gasteiger partial charge on any atom is 0.347 e. The lowest BCUT2D eigenvalue weighted by Crippen LogP contribution is -2.20. The number of carbonyl (C=O) groups is 1. The van der Waals surface area contributed by atoms with Crippen molar-refractivity contribution in [3.63, 3.8) is 0 Å². The summed E-state index contributed by atoms with van der Waals surface area (Å²) in [6.07, 6.45) is -0.448. The molecule has 0 bridgehead atoms. The minimum Gasteiger partial charge on any atom is -0.478 e. The van der Waals surface area contributed by atoms with Gasteiger partial charge in [0.1, 0.15) is 0 Å². The molecule has 0 aromatic heterocycles. The highest BCUT2D eigenvalue weighted by molar-refractivity contribution is 5.72. The zero-order chi connectivity index (χ0) is 7.28. The summed E-state index contributed by atoms with van der Waals surface area (Å²) in [6, 6.07) is 0. The normalized spacial score (nSPS) is 12.1. The summed E-state index contributed by atoms with van der Waals surface area (Å²) in [7, 11) is 0. The number of aliphatic carboxylic acids is 1. The van der Waals surface area contributed by atoms with E-state index in [1.807, 2.05) is 0 Å². The van der Waals surface area contributed by atoms with Crippen LogP contribution in [0, 0.1) is 0 Å². The van der Waals surface area contributed by atoms with Gasteiger partial charge in [0.2, 0.25) is 6.10 Å². The van der Waals surface area contributed by atoms with Crippen molar-refractivity contribution in [1.82, 2.24) is 0 Å². The van der Waals surface area contributed by atoms with Crippen molar-refractivity contribution in [2.45, 2.75) is 19.4 Å². The summed E-state index contributed by atoms with van der Waals surface area (Å²) >= 11 is 0. The molecule has 52 valence electrons. The quantitative estimate of drug-likeness (QED) is 0.446. The van der Waals surface area contributed by atoms with E-state index in [2.05, 4.69) is 16.7 Å². The molecular formula is C5H9NO3. The lowest BCUT2D eigenvalue weighted by atomic mass is 10.3. The summed E-state index contributed by atoms with van der Waals surface area (Å²) < 4.78 is 0. The molecule has 0 saturated carbocycles. The van der Waals surface area contributed by atoms with Crippen LogP contribution in [0.5, 0.6) is 0 Å². The number of carboxylic acid groups (broad SMARTS) is 1. The van der Waals surface area contributed by atoms with Crippen molar-refractivity contribution in [2.75, 3.05) is 0 Å². The summed E-state index contributed by atoms with van der Waals surface area (Å²) in [5.74, 6) is -1.01. The Hall–Kier alpha value is -1.06. The minimum atomic E-state index is -1.01. The number of hydrogen-bond donors (Lipinski definition) is 1. The molecule has 0 aromatic rings. The van der Waals surface area contributed by atoms with Crippen molar-refractivity contribution < 1.29 is 14.7 Å². The van der Waals surface area contributed by atoms with Crippen LogP contribution in [-0.4, -0.2) is 23.9 Å². The molecule has 4 nitrogen and oxygen atoms in total. The van der Waals surface area contributed by atoms with Crippen molar-refractivity contribution in [3.8, 4) is 0 Å². The maximum atomic E-state index is 10.1. The summed E-state index contributed by atoms with van der Waals surface area (Å²) in [6.45, 7) is 4.69. The predicted molar refractivity (Wildman–Crippen MR) is 32.3 cm³/mol. The molecule has 9 heavy (non-hydrogen) atoms. The molecule has 1 unspecified atom stereocenters. The lowest BCUT2D eigenvalue weighted by molar-refractivity contribution is -0.150. The average Bonchev–Trinajstić information content (AvgIpc) is 1.82. The van der Waals surface area contributed by atoms with Gasteiger partial charge >= 0.3 is 5.97 Å². The smallest absolute Gasteiger partial charge is 0.347 e. The molecule has 0 aliphatic heterocycles. The fourth-order valence-electron chi connectivity index (χ4n) is 0.384. The van der Waals surface area contributed by atoms with Gasteiger partial charge in [-0.3, -0.25) is 0 Å². The molecule has 0 aromatic carbocycles. The Morgan fingerprint density at radius 1 is 2.00 bits per heavy atom. The second-order valence-corrected chi connectivity index (χ2v) is 1.47. The molecule has 0 saturated heterocycles. The first-order valence-electron chi connectivity index (χ1n) is 2.57. The molecule has 1 N–H and O–H groups in total. The maximum absolute atomic E-state index is 10.1. The van der Waals surface area contributed by atoms with Crippen LogP contribution < -0.4 is 0 Å². The van der Waals surface area contributed by atoms with Crippen LogP contribution in [0.1, 0.15) is 13.3 Å². The molecule has 0 rings (SSSR count).